The predicted molar refractivity (Wildman–Crippen MR) is 120 cm³/mol. The van der Waals surface area contributed by atoms with Crippen molar-refractivity contribution in [2.24, 2.45) is 0 Å². The van der Waals surface area contributed by atoms with E-state index in [2.05, 4.69) is 26.3 Å². The fraction of sp³-hybridized carbons (Fsp3) is 0.381. The average Bonchev–Trinajstić information content (AvgIpc) is 3.27. The lowest BCUT2D eigenvalue weighted by Gasteiger charge is -2.26. The van der Waals surface area contributed by atoms with E-state index >= 15 is 0 Å². The van der Waals surface area contributed by atoms with Crippen molar-refractivity contribution in [1.82, 2.24) is 15.0 Å². The SMILES string of the molecule is OCCSc1cnc(Nc2nc(C(O)CO)cs2)c(OC2CCCc3ncccc32)c1. The van der Waals surface area contributed by atoms with Crippen LogP contribution < -0.4 is 10.1 Å². The maximum Gasteiger partial charge on any atom is 0.188 e. The summed E-state index contributed by atoms with van der Waals surface area (Å²) in [6.07, 6.45) is 5.22. The number of hydrogen-bond acceptors (Lipinski definition) is 10. The first-order valence-corrected chi connectivity index (χ1v) is 11.9. The number of aromatic nitrogens is 3. The van der Waals surface area contributed by atoms with Crippen molar-refractivity contribution in [3.8, 4) is 5.75 Å². The Bertz CT molecular complexity index is 1020. The predicted octanol–water partition coefficient (Wildman–Crippen LogP) is 3.24. The second-order valence-corrected chi connectivity index (χ2v) is 9.06. The van der Waals surface area contributed by atoms with Gasteiger partial charge in [-0.1, -0.05) is 6.07 Å². The first-order valence-electron chi connectivity index (χ1n) is 10.0. The van der Waals surface area contributed by atoms with E-state index in [1.807, 2.05) is 18.3 Å². The zero-order valence-corrected chi connectivity index (χ0v) is 18.4. The lowest BCUT2D eigenvalue weighted by molar-refractivity contribution is 0.0928. The minimum absolute atomic E-state index is 0.0810. The van der Waals surface area contributed by atoms with E-state index in [1.165, 1.54) is 23.1 Å². The monoisotopic (exact) mass is 460 g/mol. The highest BCUT2D eigenvalue weighted by Crippen LogP contribution is 2.38. The molecule has 2 unspecified atom stereocenters. The molecule has 0 saturated heterocycles. The van der Waals surface area contributed by atoms with Gasteiger partial charge in [-0.15, -0.1) is 23.1 Å². The molecule has 4 rings (SSSR count). The van der Waals surface area contributed by atoms with Crippen molar-refractivity contribution in [1.29, 1.82) is 0 Å². The molecule has 3 aromatic rings. The number of fused-ring (bicyclic) bond motifs is 1. The maximum atomic E-state index is 9.79. The number of thiazole rings is 1. The average molecular weight is 461 g/mol. The minimum atomic E-state index is -1.01. The Labute approximate surface area is 188 Å². The van der Waals surface area contributed by atoms with Crippen LogP contribution in [0.15, 0.2) is 40.9 Å². The summed E-state index contributed by atoms with van der Waals surface area (Å²) >= 11 is 2.81. The molecule has 0 spiro atoms. The number of aryl methyl sites for hydroxylation is 1. The van der Waals surface area contributed by atoms with Crippen LogP contribution in [0.3, 0.4) is 0 Å². The lowest BCUT2D eigenvalue weighted by Crippen LogP contribution is -2.17. The van der Waals surface area contributed by atoms with Crippen molar-refractivity contribution in [3.63, 3.8) is 0 Å². The molecule has 31 heavy (non-hydrogen) atoms. The first-order chi connectivity index (χ1) is 15.2. The van der Waals surface area contributed by atoms with Crippen LogP contribution in [0.2, 0.25) is 0 Å². The molecule has 0 aliphatic heterocycles. The summed E-state index contributed by atoms with van der Waals surface area (Å²) in [5.41, 5.74) is 2.56. The molecule has 0 fully saturated rings. The molecule has 0 amide bonds. The van der Waals surface area contributed by atoms with E-state index in [0.717, 1.165) is 35.4 Å². The number of rotatable bonds is 9. The smallest absolute Gasteiger partial charge is 0.188 e. The van der Waals surface area contributed by atoms with Crippen molar-refractivity contribution in [2.45, 2.75) is 36.4 Å². The fourth-order valence-corrected chi connectivity index (χ4v) is 4.78. The highest BCUT2D eigenvalue weighted by Gasteiger charge is 2.24. The van der Waals surface area contributed by atoms with Crippen LogP contribution in [0.1, 0.15) is 42.0 Å². The minimum Gasteiger partial charge on any atom is -0.482 e. The van der Waals surface area contributed by atoms with Crippen molar-refractivity contribution >= 4 is 34.0 Å². The van der Waals surface area contributed by atoms with Crippen LogP contribution in [-0.2, 0) is 6.42 Å². The summed E-state index contributed by atoms with van der Waals surface area (Å²) in [6, 6.07) is 5.90. The number of thioether (sulfide) groups is 1. The third-order valence-electron chi connectivity index (χ3n) is 4.87. The topological polar surface area (TPSA) is 121 Å². The van der Waals surface area contributed by atoms with Gasteiger partial charge >= 0.3 is 0 Å². The van der Waals surface area contributed by atoms with Crippen molar-refractivity contribution < 1.29 is 20.1 Å². The molecule has 2 atom stereocenters. The Morgan fingerprint density at radius 1 is 1.32 bits per heavy atom. The van der Waals surface area contributed by atoms with Crippen LogP contribution in [0.4, 0.5) is 10.9 Å². The van der Waals surface area contributed by atoms with E-state index in [1.54, 1.807) is 11.6 Å². The molecule has 0 aromatic carbocycles. The molecule has 10 heteroatoms. The molecule has 0 saturated carbocycles. The molecule has 164 valence electrons. The molecular weight excluding hydrogens is 436 g/mol. The normalized spacial score (nSPS) is 16.5. The number of aliphatic hydroxyl groups excluding tert-OH is 3. The van der Waals surface area contributed by atoms with Crippen LogP contribution in [0, 0.1) is 0 Å². The van der Waals surface area contributed by atoms with E-state index < -0.39 is 6.10 Å². The van der Waals surface area contributed by atoms with Gasteiger partial charge in [0.1, 0.15) is 12.2 Å². The summed E-state index contributed by atoms with van der Waals surface area (Å²) in [5.74, 6) is 1.67. The van der Waals surface area contributed by atoms with Gasteiger partial charge in [0.15, 0.2) is 16.7 Å². The molecule has 3 heterocycles. The third-order valence-corrected chi connectivity index (χ3v) is 6.59. The number of anilines is 2. The molecule has 1 aliphatic carbocycles. The largest absolute Gasteiger partial charge is 0.482 e. The summed E-state index contributed by atoms with van der Waals surface area (Å²) in [4.78, 5) is 14.2. The highest BCUT2D eigenvalue weighted by molar-refractivity contribution is 7.99. The number of pyridine rings is 2. The molecule has 0 radical (unpaired) electrons. The van der Waals surface area contributed by atoms with E-state index in [4.69, 9.17) is 14.9 Å². The van der Waals surface area contributed by atoms with Gasteiger partial charge in [0.25, 0.3) is 0 Å². The zero-order valence-electron chi connectivity index (χ0n) is 16.8. The lowest BCUT2D eigenvalue weighted by atomic mass is 9.93. The Morgan fingerprint density at radius 3 is 3.06 bits per heavy atom. The van der Waals surface area contributed by atoms with Gasteiger partial charge in [-0.3, -0.25) is 4.98 Å². The maximum absolute atomic E-state index is 9.79. The fourth-order valence-electron chi connectivity index (χ4n) is 3.38. The van der Waals surface area contributed by atoms with Gasteiger partial charge in [-0.25, -0.2) is 9.97 Å². The summed E-state index contributed by atoms with van der Waals surface area (Å²) in [5, 5.41) is 33.5. The standard InChI is InChI=1S/C21H24N4O4S2/c26-7-8-30-13-9-19(29-18-5-1-4-15-14(18)3-2-6-22-15)20(23-10-13)25-21-24-16(12-31-21)17(28)11-27/h2-3,6,9-10,12,17-18,26-28H,1,4-5,7-8,11H2,(H,23,24,25). The van der Waals surface area contributed by atoms with Crippen molar-refractivity contribution in [3.05, 3.63) is 52.9 Å². The summed E-state index contributed by atoms with van der Waals surface area (Å²) in [7, 11) is 0. The number of hydrogen-bond donors (Lipinski definition) is 4. The first kappa shape index (κ1) is 22.0. The van der Waals surface area contributed by atoms with Gasteiger partial charge in [-0.05, 0) is 31.4 Å². The van der Waals surface area contributed by atoms with Gasteiger partial charge in [0, 0.05) is 39.7 Å². The van der Waals surface area contributed by atoms with Gasteiger partial charge < -0.3 is 25.4 Å². The van der Waals surface area contributed by atoms with Gasteiger partial charge in [0.05, 0.1) is 18.9 Å². The Balaban J connectivity index is 1.61. The molecule has 3 aromatic heterocycles. The number of nitrogens with zero attached hydrogens (tertiary/aromatic N) is 3. The van der Waals surface area contributed by atoms with Crippen LogP contribution >= 0.6 is 23.1 Å². The molecule has 0 bridgehead atoms. The van der Waals surface area contributed by atoms with E-state index in [0.29, 0.717) is 28.1 Å². The van der Waals surface area contributed by atoms with Gasteiger partial charge in [0.2, 0.25) is 0 Å². The second-order valence-electron chi connectivity index (χ2n) is 7.03. The molecule has 1 aliphatic rings. The summed E-state index contributed by atoms with van der Waals surface area (Å²) < 4.78 is 6.43. The number of aliphatic hydroxyl groups is 3. The second kappa shape index (κ2) is 10.4. The summed E-state index contributed by atoms with van der Waals surface area (Å²) in [6.45, 7) is -0.306. The number of ether oxygens (including phenoxy) is 1. The Hall–Kier alpha value is -2.24. The molecule has 8 nitrogen and oxygen atoms in total. The quantitative estimate of drug-likeness (QED) is 0.357. The van der Waals surface area contributed by atoms with Crippen LogP contribution in [-0.4, -0.2) is 49.2 Å². The van der Waals surface area contributed by atoms with E-state index in [-0.39, 0.29) is 19.3 Å². The van der Waals surface area contributed by atoms with Crippen molar-refractivity contribution in [2.75, 3.05) is 24.3 Å². The van der Waals surface area contributed by atoms with Gasteiger partial charge in [-0.2, -0.15) is 0 Å². The molecule has 4 N–H and O–H groups in total. The zero-order chi connectivity index (χ0) is 21.6. The third kappa shape index (κ3) is 5.34. The highest BCUT2D eigenvalue weighted by atomic mass is 32.2. The molecular formula is C21H24N4O4S2. The number of nitrogens with one attached hydrogen (secondary N) is 1. The van der Waals surface area contributed by atoms with Crippen LogP contribution in [0.5, 0.6) is 5.75 Å². The van der Waals surface area contributed by atoms with Crippen LogP contribution in [0.25, 0.3) is 0 Å². The Morgan fingerprint density at radius 2 is 2.23 bits per heavy atom. The Kier molecular flexibility index (Phi) is 7.36. The van der Waals surface area contributed by atoms with E-state index in [9.17, 15) is 5.11 Å².